The zero-order valence-electron chi connectivity index (χ0n) is 21.5. The second-order valence-corrected chi connectivity index (χ2v) is 8.56. The molecule has 1 atom stereocenters. The molecule has 0 saturated heterocycles. The van der Waals surface area contributed by atoms with Crippen molar-refractivity contribution in [3.8, 4) is 11.1 Å². The second-order valence-electron chi connectivity index (χ2n) is 8.56. The minimum Gasteiger partial charge on any atom is -0.453 e. The molecule has 40 heavy (non-hydrogen) atoms. The Morgan fingerprint density at radius 3 is 2.25 bits per heavy atom. The van der Waals surface area contributed by atoms with Gasteiger partial charge in [-0.05, 0) is 41.5 Å². The molecule has 0 unspecified atom stereocenters. The summed E-state index contributed by atoms with van der Waals surface area (Å²) >= 11 is 0. The van der Waals surface area contributed by atoms with Crippen LogP contribution in [0.2, 0.25) is 0 Å². The third kappa shape index (κ3) is 7.54. The molecule has 11 heteroatoms. The Labute approximate surface area is 229 Å². The smallest absolute Gasteiger partial charge is 0.411 e. The number of alkyl carbamates (subject to hydrolysis) is 1. The molecule has 11 nitrogen and oxygen atoms in total. The Hall–Kier alpha value is -5.45. The van der Waals surface area contributed by atoms with E-state index in [0.717, 1.165) is 5.56 Å². The van der Waals surface area contributed by atoms with Gasteiger partial charge in [0.25, 0.3) is 11.5 Å². The van der Waals surface area contributed by atoms with Crippen LogP contribution < -0.4 is 21.5 Å². The molecule has 0 bridgehead atoms. The SMILES string of the molecule is COC(=O)Nc1ccc(-c2cc([C@H](CNC(=O)c3ccccc3)NC(=O)OCc3ccccc3)n[nH]c2=O)cc1. The summed E-state index contributed by atoms with van der Waals surface area (Å²) in [5.74, 6) is -0.344. The molecule has 1 aromatic heterocycles. The van der Waals surface area contributed by atoms with Crippen LogP contribution in [0.4, 0.5) is 15.3 Å². The number of carbonyl (C=O) groups excluding carboxylic acids is 3. The quantitative estimate of drug-likeness (QED) is 0.250. The number of hydrogen-bond donors (Lipinski definition) is 4. The maximum absolute atomic E-state index is 12.7. The molecule has 3 amide bonds. The van der Waals surface area contributed by atoms with E-state index in [9.17, 15) is 19.2 Å². The molecule has 1 heterocycles. The van der Waals surface area contributed by atoms with Gasteiger partial charge in [-0.25, -0.2) is 14.7 Å². The molecule has 0 fully saturated rings. The molecule has 4 aromatic rings. The first-order valence-electron chi connectivity index (χ1n) is 12.3. The Kier molecular flexibility index (Phi) is 9.22. The number of aromatic amines is 1. The number of aromatic nitrogens is 2. The van der Waals surface area contributed by atoms with Crippen molar-refractivity contribution in [1.29, 1.82) is 0 Å². The van der Waals surface area contributed by atoms with Crippen LogP contribution in [0.25, 0.3) is 11.1 Å². The van der Waals surface area contributed by atoms with Crippen LogP contribution in [0.15, 0.2) is 95.8 Å². The first kappa shape index (κ1) is 27.6. The normalized spacial score (nSPS) is 11.1. The number of nitrogens with one attached hydrogen (secondary N) is 4. The van der Waals surface area contributed by atoms with Crippen LogP contribution in [-0.4, -0.2) is 41.9 Å². The van der Waals surface area contributed by atoms with E-state index in [0.29, 0.717) is 16.8 Å². The number of carbonyl (C=O) groups is 3. The van der Waals surface area contributed by atoms with Crippen LogP contribution in [-0.2, 0) is 16.1 Å². The van der Waals surface area contributed by atoms with Crippen LogP contribution >= 0.6 is 0 Å². The van der Waals surface area contributed by atoms with Gasteiger partial charge in [0.2, 0.25) is 0 Å². The van der Waals surface area contributed by atoms with E-state index in [1.807, 2.05) is 30.3 Å². The fraction of sp³-hybridized carbons (Fsp3) is 0.138. The standard InChI is InChI=1S/C29H27N5O6/c1-39-28(37)31-22-14-12-20(13-15-22)23-16-24(33-34-27(23)36)25(17-30-26(35)21-10-6-3-7-11-21)32-29(38)40-18-19-8-4-2-5-9-19/h2-16,25H,17-18H2,1H3,(H,30,35)(H,31,37)(H,32,38)(H,34,36)/t25-/m0/s1. The number of amides is 3. The molecular weight excluding hydrogens is 514 g/mol. The molecule has 0 radical (unpaired) electrons. The Bertz CT molecular complexity index is 1510. The first-order chi connectivity index (χ1) is 19.4. The van der Waals surface area contributed by atoms with Crippen molar-refractivity contribution in [2.24, 2.45) is 0 Å². The molecule has 4 N–H and O–H groups in total. The average Bonchev–Trinajstić information content (AvgIpc) is 2.99. The maximum atomic E-state index is 12.7. The summed E-state index contributed by atoms with van der Waals surface area (Å²) in [4.78, 5) is 49.5. The number of ether oxygens (including phenoxy) is 2. The lowest BCUT2D eigenvalue weighted by atomic mass is 10.0. The van der Waals surface area contributed by atoms with Gasteiger partial charge in [-0.15, -0.1) is 0 Å². The minimum atomic E-state index is -0.841. The zero-order valence-corrected chi connectivity index (χ0v) is 21.5. The average molecular weight is 542 g/mol. The predicted molar refractivity (Wildman–Crippen MR) is 148 cm³/mol. The molecule has 0 aliphatic carbocycles. The van der Waals surface area contributed by atoms with Crippen molar-refractivity contribution in [1.82, 2.24) is 20.8 Å². The van der Waals surface area contributed by atoms with E-state index < -0.39 is 23.8 Å². The topological polar surface area (TPSA) is 152 Å². The number of anilines is 1. The predicted octanol–water partition coefficient (Wildman–Crippen LogP) is 4.01. The van der Waals surface area contributed by atoms with Gasteiger partial charge in [-0.1, -0.05) is 60.7 Å². The molecule has 3 aromatic carbocycles. The number of hydrogen-bond acceptors (Lipinski definition) is 7. The summed E-state index contributed by atoms with van der Waals surface area (Å²) in [5, 5.41) is 14.6. The maximum Gasteiger partial charge on any atom is 0.411 e. The van der Waals surface area contributed by atoms with E-state index in [4.69, 9.17) is 4.74 Å². The van der Waals surface area contributed by atoms with Crippen molar-refractivity contribution in [2.75, 3.05) is 19.0 Å². The fourth-order valence-corrected chi connectivity index (χ4v) is 3.74. The number of rotatable bonds is 9. The molecule has 0 aliphatic rings. The van der Waals surface area contributed by atoms with Crippen LogP contribution in [0, 0.1) is 0 Å². The summed E-state index contributed by atoms with van der Waals surface area (Å²) in [6, 6.07) is 25.0. The van der Waals surface area contributed by atoms with Gasteiger partial charge in [0.05, 0.1) is 24.4 Å². The molecule has 0 aliphatic heterocycles. The van der Waals surface area contributed by atoms with Crippen LogP contribution in [0.1, 0.15) is 27.7 Å². The lowest BCUT2D eigenvalue weighted by Crippen LogP contribution is -2.39. The summed E-state index contributed by atoms with van der Waals surface area (Å²) < 4.78 is 9.94. The highest BCUT2D eigenvalue weighted by atomic mass is 16.5. The molecule has 0 saturated carbocycles. The monoisotopic (exact) mass is 541 g/mol. The summed E-state index contributed by atoms with van der Waals surface area (Å²) in [6.07, 6.45) is -1.35. The fourth-order valence-electron chi connectivity index (χ4n) is 3.74. The largest absolute Gasteiger partial charge is 0.453 e. The number of nitrogens with zero attached hydrogens (tertiary/aromatic N) is 1. The van der Waals surface area contributed by atoms with Crippen molar-refractivity contribution in [2.45, 2.75) is 12.6 Å². The Morgan fingerprint density at radius 1 is 0.900 bits per heavy atom. The lowest BCUT2D eigenvalue weighted by molar-refractivity contribution is 0.0945. The van der Waals surface area contributed by atoms with Crippen LogP contribution in [0.3, 0.4) is 0 Å². The van der Waals surface area contributed by atoms with Gasteiger partial charge in [0.1, 0.15) is 6.61 Å². The number of benzene rings is 3. The summed E-state index contributed by atoms with van der Waals surface area (Å²) in [5.41, 5.74) is 2.37. The highest BCUT2D eigenvalue weighted by Crippen LogP contribution is 2.21. The van der Waals surface area contributed by atoms with E-state index in [-0.39, 0.29) is 30.3 Å². The third-order valence-corrected chi connectivity index (χ3v) is 5.82. The van der Waals surface area contributed by atoms with E-state index >= 15 is 0 Å². The van der Waals surface area contributed by atoms with Gasteiger partial charge in [0, 0.05) is 17.8 Å². The lowest BCUT2D eigenvalue weighted by Gasteiger charge is -2.19. The number of methoxy groups -OCH3 is 1. The molecule has 4 rings (SSSR count). The second kappa shape index (κ2) is 13.4. The minimum absolute atomic E-state index is 0.0331. The van der Waals surface area contributed by atoms with Gasteiger partial charge >= 0.3 is 12.2 Å². The van der Waals surface area contributed by atoms with Crippen molar-refractivity contribution in [3.63, 3.8) is 0 Å². The highest BCUT2D eigenvalue weighted by Gasteiger charge is 2.21. The van der Waals surface area contributed by atoms with Gasteiger partial charge < -0.3 is 20.1 Å². The summed E-state index contributed by atoms with van der Waals surface area (Å²) in [7, 11) is 1.26. The number of H-pyrrole nitrogens is 1. The van der Waals surface area contributed by atoms with Gasteiger partial charge in [-0.2, -0.15) is 5.10 Å². The van der Waals surface area contributed by atoms with E-state index in [1.54, 1.807) is 54.6 Å². The highest BCUT2D eigenvalue weighted by molar-refractivity contribution is 5.94. The van der Waals surface area contributed by atoms with Gasteiger partial charge in [0.15, 0.2) is 0 Å². The Morgan fingerprint density at radius 2 is 1.57 bits per heavy atom. The third-order valence-electron chi connectivity index (χ3n) is 5.82. The Balaban J connectivity index is 1.55. The van der Waals surface area contributed by atoms with Crippen molar-refractivity contribution in [3.05, 3.63) is 118 Å². The molecule has 204 valence electrons. The van der Waals surface area contributed by atoms with Crippen molar-refractivity contribution < 1.29 is 23.9 Å². The van der Waals surface area contributed by atoms with E-state index in [1.165, 1.54) is 13.2 Å². The molecular formula is C29H27N5O6. The van der Waals surface area contributed by atoms with E-state index in [2.05, 4.69) is 30.9 Å². The molecule has 0 spiro atoms. The van der Waals surface area contributed by atoms with Gasteiger partial charge in [-0.3, -0.25) is 14.9 Å². The first-order valence-corrected chi connectivity index (χ1v) is 12.3. The summed E-state index contributed by atoms with van der Waals surface area (Å²) in [6.45, 7) is 0.0145. The zero-order chi connectivity index (χ0) is 28.3. The van der Waals surface area contributed by atoms with Crippen molar-refractivity contribution >= 4 is 23.8 Å². The van der Waals surface area contributed by atoms with Crippen LogP contribution in [0.5, 0.6) is 0 Å².